The molecule has 3 rings (SSSR count). The highest BCUT2D eigenvalue weighted by Crippen LogP contribution is 2.34. The predicted octanol–water partition coefficient (Wildman–Crippen LogP) is 1.43. The summed E-state index contributed by atoms with van der Waals surface area (Å²) in [6.07, 6.45) is 0. The van der Waals surface area contributed by atoms with Crippen LogP contribution < -0.4 is 16.2 Å². The van der Waals surface area contributed by atoms with Crippen LogP contribution in [0.5, 0.6) is 0 Å². The summed E-state index contributed by atoms with van der Waals surface area (Å²) in [5.41, 5.74) is 6.62. The van der Waals surface area contributed by atoms with Crippen molar-refractivity contribution in [3.05, 3.63) is 47.1 Å². The molecular formula is C15H15N3O4S2. The third kappa shape index (κ3) is 3.24. The summed E-state index contributed by atoms with van der Waals surface area (Å²) in [6, 6.07) is 9.55. The van der Waals surface area contributed by atoms with Crippen molar-refractivity contribution in [3.8, 4) is 11.3 Å². The van der Waals surface area contributed by atoms with Crippen LogP contribution in [0.1, 0.15) is 12.7 Å². The summed E-state index contributed by atoms with van der Waals surface area (Å²) >= 11 is 1.24. The third-order valence-corrected chi connectivity index (χ3v) is 5.54. The van der Waals surface area contributed by atoms with E-state index < -0.39 is 15.5 Å². The molecule has 0 aliphatic carbocycles. The highest BCUT2D eigenvalue weighted by molar-refractivity contribution is 8.05. The number of furan rings is 1. The van der Waals surface area contributed by atoms with Gasteiger partial charge >= 0.3 is 0 Å². The predicted molar refractivity (Wildman–Crippen MR) is 91.8 cm³/mol. The molecule has 1 fully saturated rings. The number of nitrogens with one attached hydrogen (secondary N) is 1. The van der Waals surface area contributed by atoms with Crippen molar-refractivity contribution < 1.29 is 17.6 Å². The van der Waals surface area contributed by atoms with Crippen molar-refractivity contribution >= 4 is 33.3 Å². The van der Waals surface area contributed by atoms with Crippen LogP contribution in [0, 0.1) is 0 Å². The lowest BCUT2D eigenvalue weighted by atomic mass is 10.2. The summed E-state index contributed by atoms with van der Waals surface area (Å²) in [4.78, 5) is 12.4. The first-order valence-corrected chi connectivity index (χ1v) is 9.36. The Bertz CT molecular complexity index is 930. The van der Waals surface area contributed by atoms with E-state index in [0.29, 0.717) is 27.6 Å². The van der Waals surface area contributed by atoms with Gasteiger partial charge in [0, 0.05) is 11.1 Å². The number of sulfonamides is 1. The number of amides is 1. The fourth-order valence-corrected chi connectivity index (χ4v) is 3.66. The van der Waals surface area contributed by atoms with Crippen molar-refractivity contribution in [2.45, 2.75) is 17.3 Å². The number of hydrogen-bond donors (Lipinski definition) is 3. The summed E-state index contributed by atoms with van der Waals surface area (Å²) in [5.74, 6) is 0.881. The minimum Gasteiger partial charge on any atom is -0.456 e. The molecule has 1 aromatic carbocycles. The molecule has 2 heterocycles. The third-order valence-electron chi connectivity index (χ3n) is 3.51. The Hall–Kier alpha value is -2.07. The van der Waals surface area contributed by atoms with E-state index >= 15 is 0 Å². The van der Waals surface area contributed by atoms with E-state index in [1.54, 1.807) is 31.2 Å². The lowest BCUT2D eigenvalue weighted by molar-refractivity contribution is -0.116. The highest BCUT2D eigenvalue weighted by Gasteiger charge is 2.27. The smallest absolute Gasteiger partial charge is 0.260 e. The molecule has 1 aliphatic heterocycles. The molecule has 1 unspecified atom stereocenters. The zero-order chi connectivity index (χ0) is 17.5. The van der Waals surface area contributed by atoms with Gasteiger partial charge in [-0.2, -0.15) is 0 Å². The first kappa shape index (κ1) is 16.8. The second kappa shape index (κ2) is 6.10. The van der Waals surface area contributed by atoms with Crippen molar-refractivity contribution in [2.24, 2.45) is 10.9 Å². The Kier molecular flexibility index (Phi) is 4.26. The topological polar surface area (TPSA) is 128 Å². The quantitative estimate of drug-likeness (QED) is 0.706. The summed E-state index contributed by atoms with van der Waals surface area (Å²) in [6.45, 7) is 1.78. The van der Waals surface area contributed by atoms with Crippen LogP contribution in [0.25, 0.3) is 16.9 Å². The molecule has 2 aromatic rings. The largest absolute Gasteiger partial charge is 0.456 e. The van der Waals surface area contributed by atoms with Crippen LogP contribution in [0.2, 0.25) is 0 Å². The fourth-order valence-electron chi connectivity index (χ4n) is 2.28. The number of thioether (sulfide) groups is 1. The molecule has 0 bridgehead atoms. The summed E-state index contributed by atoms with van der Waals surface area (Å²) in [5, 5.41) is 7.69. The number of rotatable bonds is 3. The van der Waals surface area contributed by atoms with Gasteiger partial charge in [-0.1, -0.05) is 11.8 Å². The number of carbonyl (C=O) groups is 1. The minimum atomic E-state index is -3.73. The van der Waals surface area contributed by atoms with E-state index in [1.165, 1.54) is 23.9 Å². The summed E-state index contributed by atoms with van der Waals surface area (Å²) < 4.78 is 28.3. The molecule has 5 N–H and O–H groups in total. The van der Waals surface area contributed by atoms with E-state index in [4.69, 9.17) is 15.3 Å². The number of nitrogens with two attached hydrogens (primary N) is 2. The van der Waals surface area contributed by atoms with Gasteiger partial charge in [0.2, 0.25) is 10.0 Å². The van der Waals surface area contributed by atoms with Gasteiger partial charge in [-0.25, -0.2) is 13.6 Å². The van der Waals surface area contributed by atoms with Gasteiger partial charge in [0.05, 0.1) is 9.80 Å². The van der Waals surface area contributed by atoms with Gasteiger partial charge in [-0.3, -0.25) is 4.79 Å². The van der Waals surface area contributed by atoms with Crippen molar-refractivity contribution in [2.75, 3.05) is 0 Å². The normalized spacial score (nSPS) is 20.1. The highest BCUT2D eigenvalue weighted by atomic mass is 32.2. The molecular weight excluding hydrogens is 350 g/mol. The molecule has 0 spiro atoms. The second-order valence-corrected chi connectivity index (χ2v) is 7.91. The number of primary sulfonamides is 1. The Morgan fingerprint density at radius 1 is 1.21 bits per heavy atom. The molecule has 1 aliphatic rings. The fraction of sp³-hybridized carbons (Fsp3) is 0.133. The number of allylic oxidation sites excluding steroid dienone is 1. The van der Waals surface area contributed by atoms with Gasteiger partial charge < -0.3 is 15.5 Å². The van der Waals surface area contributed by atoms with Gasteiger partial charge in [-0.05, 0) is 43.3 Å². The van der Waals surface area contributed by atoms with E-state index in [1.807, 2.05) is 0 Å². The maximum atomic E-state index is 11.8. The minimum absolute atomic E-state index is 0.0318. The van der Waals surface area contributed by atoms with E-state index in [-0.39, 0.29) is 10.8 Å². The Morgan fingerprint density at radius 3 is 2.42 bits per heavy atom. The van der Waals surface area contributed by atoms with Crippen LogP contribution in [-0.2, 0) is 14.8 Å². The average Bonchev–Trinajstić information content (AvgIpc) is 3.12. The number of carbonyl (C=O) groups excluding carboxylic acids is 1. The average molecular weight is 365 g/mol. The second-order valence-electron chi connectivity index (χ2n) is 5.20. The SMILES string of the molecule is C/C(=C1/SC(N)NC1=O)c1ccc(-c2ccc(S(N)(=O)=O)cc2)o1. The molecule has 7 nitrogen and oxygen atoms in total. The van der Waals surface area contributed by atoms with Crippen LogP contribution >= 0.6 is 11.8 Å². The molecule has 1 amide bonds. The van der Waals surface area contributed by atoms with Crippen molar-refractivity contribution in [3.63, 3.8) is 0 Å². The Morgan fingerprint density at radius 2 is 1.88 bits per heavy atom. The van der Waals surface area contributed by atoms with E-state index in [0.717, 1.165) is 0 Å². The molecule has 0 saturated carbocycles. The van der Waals surface area contributed by atoms with Crippen LogP contribution in [-0.4, -0.2) is 19.8 Å². The first-order valence-electron chi connectivity index (χ1n) is 6.93. The zero-order valence-corrected chi connectivity index (χ0v) is 14.3. The Balaban J connectivity index is 1.91. The van der Waals surface area contributed by atoms with Gasteiger partial charge in [0.25, 0.3) is 5.91 Å². The molecule has 9 heteroatoms. The zero-order valence-electron chi connectivity index (χ0n) is 12.6. The van der Waals surface area contributed by atoms with Crippen LogP contribution in [0.3, 0.4) is 0 Å². The molecule has 0 radical (unpaired) electrons. The van der Waals surface area contributed by atoms with Gasteiger partial charge in [0.15, 0.2) is 0 Å². The molecule has 24 heavy (non-hydrogen) atoms. The van der Waals surface area contributed by atoms with Crippen molar-refractivity contribution in [1.29, 1.82) is 0 Å². The summed E-state index contributed by atoms with van der Waals surface area (Å²) in [7, 11) is -3.73. The molecule has 1 aromatic heterocycles. The van der Waals surface area contributed by atoms with Gasteiger partial charge in [0.1, 0.15) is 17.0 Å². The molecule has 1 saturated heterocycles. The maximum Gasteiger partial charge on any atom is 0.260 e. The van der Waals surface area contributed by atoms with E-state index in [2.05, 4.69) is 5.32 Å². The number of hydrogen-bond acceptors (Lipinski definition) is 6. The van der Waals surface area contributed by atoms with Gasteiger partial charge in [-0.15, -0.1) is 0 Å². The van der Waals surface area contributed by atoms with E-state index in [9.17, 15) is 13.2 Å². The molecule has 1 atom stereocenters. The lowest BCUT2D eigenvalue weighted by Gasteiger charge is -2.02. The van der Waals surface area contributed by atoms with Crippen LogP contribution in [0.4, 0.5) is 0 Å². The monoisotopic (exact) mass is 365 g/mol. The van der Waals surface area contributed by atoms with Crippen LogP contribution in [0.15, 0.2) is 50.6 Å². The standard InChI is InChI=1S/C15H15N3O4S2/c1-8(13-14(19)18-15(16)23-13)11-6-7-12(22-11)9-2-4-10(5-3-9)24(17,20)21/h2-7,15H,16H2,1H3,(H,18,19)(H2,17,20,21)/b13-8-. The molecule has 126 valence electrons. The van der Waals surface area contributed by atoms with Crippen molar-refractivity contribution in [1.82, 2.24) is 5.32 Å². The number of benzene rings is 1. The Labute approximate surface area is 143 Å². The first-order chi connectivity index (χ1) is 11.3. The lowest BCUT2D eigenvalue weighted by Crippen LogP contribution is -2.31. The maximum absolute atomic E-state index is 11.8.